The Morgan fingerprint density at radius 2 is 1.84 bits per heavy atom. The zero-order valence-electron chi connectivity index (χ0n) is 11.8. The highest BCUT2D eigenvalue weighted by Gasteiger charge is 2.21. The Kier molecular flexibility index (Phi) is 5.21. The van der Waals surface area contributed by atoms with E-state index in [1.807, 2.05) is 12.1 Å². The van der Waals surface area contributed by atoms with Crippen molar-refractivity contribution >= 4 is 5.69 Å². The van der Waals surface area contributed by atoms with Crippen molar-refractivity contribution in [2.75, 3.05) is 0 Å². The normalized spacial score (nSPS) is 23.4. The van der Waals surface area contributed by atoms with Crippen LogP contribution in [0.2, 0.25) is 0 Å². The molecule has 0 aromatic heterocycles. The van der Waals surface area contributed by atoms with Gasteiger partial charge in [-0.05, 0) is 62.8 Å². The second-order valence-electron chi connectivity index (χ2n) is 5.57. The van der Waals surface area contributed by atoms with Crippen molar-refractivity contribution in [1.82, 2.24) is 0 Å². The van der Waals surface area contributed by atoms with Crippen LogP contribution in [0.25, 0.3) is 4.85 Å². The van der Waals surface area contributed by atoms with E-state index in [4.69, 9.17) is 6.57 Å². The summed E-state index contributed by atoms with van der Waals surface area (Å²) in [5, 5.41) is 0. The average Bonchev–Trinajstić information content (AvgIpc) is 2.48. The molecule has 1 heteroatoms. The fourth-order valence-corrected chi connectivity index (χ4v) is 3.10. The van der Waals surface area contributed by atoms with Crippen LogP contribution in [-0.2, 0) is 0 Å². The Morgan fingerprint density at radius 3 is 2.42 bits per heavy atom. The van der Waals surface area contributed by atoms with E-state index >= 15 is 0 Å². The maximum absolute atomic E-state index is 6.98. The Bertz CT molecular complexity index is 442. The Balaban J connectivity index is 1.83. The van der Waals surface area contributed by atoms with Gasteiger partial charge in [0.05, 0.1) is 6.57 Å². The summed E-state index contributed by atoms with van der Waals surface area (Å²) < 4.78 is 0. The molecule has 1 fully saturated rings. The van der Waals surface area contributed by atoms with Crippen LogP contribution in [0, 0.1) is 12.5 Å². The molecule has 0 spiro atoms. The number of hydrogen-bond acceptors (Lipinski definition) is 0. The highest BCUT2D eigenvalue weighted by atomic mass is 14.6. The van der Waals surface area contributed by atoms with E-state index in [0.29, 0.717) is 0 Å². The van der Waals surface area contributed by atoms with Crippen molar-refractivity contribution in [3.8, 4) is 0 Å². The molecule has 19 heavy (non-hydrogen) atoms. The summed E-state index contributed by atoms with van der Waals surface area (Å²) in [6, 6.07) is 8.22. The van der Waals surface area contributed by atoms with Crippen molar-refractivity contribution in [2.45, 2.75) is 51.4 Å². The van der Waals surface area contributed by atoms with Gasteiger partial charge >= 0.3 is 0 Å². The third kappa shape index (κ3) is 3.96. The molecule has 0 aliphatic heterocycles. The summed E-state index contributed by atoms with van der Waals surface area (Å²) >= 11 is 0. The summed E-state index contributed by atoms with van der Waals surface area (Å²) in [5.74, 6) is 1.65. The predicted molar refractivity (Wildman–Crippen MR) is 81.5 cm³/mol. The first-order valence-corrected chi connectivity index (χ1v) is 7.42. The van der Waals surface area contributed by atoms with Crippen molar-refractivity contribution in [3.05, 3.63) is 53.4 Å². The summed E-state index contributed by atoms with van der Waals surface area (Å²) in [7, 11) is 0. The summed E-state index contributed by atoms with van der Waals surface area (Å²) in [5.41, 5.74) is 2.18. The van der Waals surface area contributed by atoms with Gasteiger partial charge in [-0.3, -0.25) is 0 Å². The van der Waals surface area contributed by atoms with Crippen LogP contribution >= 0.6 is 0 Å². The molecule has 0 atom stereocenters. The molecule has 0 heterocycles. The standard InChI is InChI=1S/C18H23N/c1-3-4-5-6-15-7-9-16(10-8-15)17-11-13-18(19-2)14-12-17/h3-4,11-16H,5-10H2,1H3. The highest BCUT2D eigenvalue weighted by molar-refractivity contribution is 5.45. The number of hydrogen-bond donors (Lipinski definition) is 0. The second-order valence-corrected chi connectivity index (χ2v) is 5.57. The first-order valence-electron chi connectivity index (χ1n) is 7.42. The Labute approximate surface area is 117 Å². The van der Waals surface area contributed by atoms with E-state index in [2.05, 4.69) is 36.1 Å². The molecule has 1 aliphatic carbocycles. The van der Waals surface area contributed by atoms with Gasteiger partial charge in [0.15, 0.2) is 5.69 Å². The SMILES string of the molecule is [C-]#[N+]c1ccc(C2CCC(CCC=CC)CC2)cc1. The maximum Gasteiger partial charge on any atom is 0.187 e. The van der Waals surface area contributed by atoms with Crippen LogP contribution in [0.15, 0.2) is 36.4 Å². The van der Waals surface area contributed by atoms with E-state index in [1.54, 1.807) is 0 Å². The molecular weight excluding hydrogens is 230 g/mol. The van der Waals surface area contributed by atoms with Crippen molar-refractivity contribution in [3.63, 3.8) is 0 Å². The fourth-order valence-electron chi connectivity index (χ4n) is 3.10. The molecule has 0 N–H and O–H groups in total. The molecule has 0 saturated heterocycles. The summed E-state index contributed by atoms with van der Waals surface area (Å²) in [6.45, 7) is 9.09. The highest BCUT2D eigenvalue weighted by Crippen LogP contribution is 2.37. The molecule has 100 valence electrons. The van der Waals surface area contributed by atoms with E-state index in [1.165, 1.54) is 44.1 Å². The maximum atomic E-state index is 6.98. The van der Waals surface area contributed by atoms with Crippen molar-refractivity contribution in [1.29, 1.82) is 0 Å². The van der Waals surface area contributed by atoms with Crippen LogP contribution in [0.4, 0.5) is 5.69 Å². The second kappa shape index (κ2) is 7.14. The molecule has 1 aliphatic rings. The summed E-state index contributed by atoms with van der Waals surface area (Å²) in [4.78, 5) is 3.45. The van der Waals surface area contributed by atoms with Crippen LogP contribution < -0.4 is 0 Å². The molecule has 1 saturated carbocycles. The number of allylic oxidation sites excluding steroid dienone is 2. The van der Waals surface area contributed by atoms with Gasteiger partial charge in [0, 0.05) is 0 Å². The van der Waals surface area contributed by atoms with E-state index in [0.717, 1.165) is 17.5 Å². The lowest BCUT2D eigenvalue weighted by molar-refractivity contribution is 0.312. The third-order valence-corrected chi connectivity index (χ3v) is 4.32. The predicted octanol–water partition coefficient (Wildman–Crippen LogP) is 5.87. The van der Waals surface area contributed by atoms with Gasteiger partial charge in [-0.15, -0.1) is 0 Å². The van der Waals surface area contributed by atoms with E-state index in [-0.39, 0.29) is 0 Å². The van der Waals surface area contributed by atoms with Gasteiger partial charge in [0.1, 0.15) is 0 Å². The third-order valence-electron chi connectivity index (χ3n) is 4.32. The van der Waals surface area contributed by atoms with Gasteiger partial charge in [-0.1, -0.05) is 36.4 Å². The lowest BCUT2D eigenvalue weighted by Gasteiger charge is -2.28. The molecule has 1 aromatic rings. The molecule has 0 bridgehead atoms. The van der Waals surface area contributed by atoms with Gasteiger partial charge in [0.25, 0.3) is 0 Å². The topological polar surface area (TPSA) is 4.36 Å². The molecule has 1 aromatic carbocycles. The molecular formula is C18H23N. The van der Waals surface area contributed by atoms with Crippen LogP contribution in [0.5, 0.6) is 0 Å². The lowest BCUT2D eigenvalue weighted by Crippen LogP contribution is -2.13. The van der Waals surface area contributed by atoms with Crippen molar-refractivity contribution in [2.24, 2.45) is 5.92 Å². The number of benzene rings is 1. The van der Waals surface area contributed by atoms with Crippen molar-refractivity contribution < 1.29 is 0 Å². The minimum atomic E-state index is 0.720. The Hall–Kier alpha value is -1.55. The zero-order valence-corrected chi connectivity index (χ0v) is 11.8. The minimum absolute atomic E-state index is 0.720. The number of rotatable bonds is 4. The lowest BCUT2D eigenvalue weighted by atomic mass is 9.77. The van der Waals surface area contributed by atoms with Gasteiger partial charge in [-0.25, -0.2) is 4.85 Å². The first kappa shape index (κ1) is 13.9. The zero-order chi connectivity index (χ0) is 13.5. The quantitative estimate of drug-likeness (QED) is 0.467. The van der Waals surface area contributed by atoms with E-state index in [9.17, 15) is 0 Å². The van der Waals surface area contributed by atoms with Gasteiger partial charge in [-0.2, -0.15) is 0 Å². The molecule has 0 unspecified atom stereocenters. The van der Waals surface area contributed by atoms with Crippen LogP contribution in [0.3, 0.4) is 0 Å². The molecule has 1 nitrogen and oxygen atoms in total. The van der Waals surface area contributed by atoms with Gasteiger partial charge < -0.3 is 0 Å². The molecule has 2 rings (SSSR count). The smallest absolute Gasteiger partial charge is 0.187 e. The van der Waals surface area contributed by atoms with Gasteiger partial charge in [0.2, 0.25) is 0 Å². The number of nitrogens with zero attached hydrogens (tertiary/aromatic N) is 1. The Morgan fingerprint density at radius 1 is 1.16 bits per heavy atom. The van der Waals surface area contributed by atoms with Crippen LogP contribution in [0.1, 0.15) is 56.9 Å². The minimum Gasteiger partial charge on any atom is -0.238 e. The van der Waals surface area contributed by atoms with E-state index < -0.39 is 0 Å². The summed E-state index contributed by atoms with van der Waals surface area (Å²) in [6.07, 6.45) is 12.4. The average molecular weight is 253 g/mol. The first-order chi connectivity index (χ1) is 9.33. The largest absolute Gasteiger partial charge is 0.238 e. The molecule has 0 radical (unpaired) electrons. The monoisotopic (exact) mass is 253 g/mol. The molecule has 0 amide bonds. The fraction of sp³-hybridized carbons (Fsp3) is 0.500. The van der Waals surface area contributed by atoms with Crippen LogP contribution in [-0.4, -0.2) is 0 Å².